The Bertz CT molecular complexity index is 370. The molecule has 1 aliphatic carbocycles. The van der Waals surface area contributed by atoms with E-state index in [0.29, 0.717) is 5.92 Å². The van der Waals surface area contributed by atoms with Gasteiger partial charge in [-0.15, -0.1) is 16.7 Å². The van der Waals surface area contributed by atoms with E-state index in [0.717, 1.165) is 25.0 Å². The molecule has 0 aromatic carbocycles. The first-order valence-corrected chi connectivity index (χ1v) is 5.76. The Morgan fingerprint density at radius 2 is 2.40 bits per heavy atom. The largest absolute Gasteiger partial charge is 0.255 e. The second-order valence-corrected chi connectivity index (χ2v) is 5.01. The van der Waals surface area contributed by atoms with Crippen molar-refractivity contribution < 1.29 is 0 Å². The lowest BCUT2D eigenvalue weighted by atomic mass is 9.88. The fraction of sp³-hybridized carbons (Fsp3) is 0.636. The van der Waals surface area contributed by atoms with Crippen molar-refractivity contribution in [1.82, 2.24) is 15.0 Å². The number of hydrogen-bond acceptors (Lipinski definition) is 2. The van der Waals surface area contributed by atoms with Crippen molar-refractivity contribution in [3.8, 4) is 0 Å². The van der Waals surface area contributed by atoms with Crippen LogP contribution in [0.1, 0.15) is 25.5 Å². The average molecular weight is 226 g/mol. The number of nitrogens with zero attached hydrogens (tertiary/aromatic N) is 3. The third-order valence-corrected chi connectivity index (χ3v) is 3.02. The van der Waals surface area contributed by atoms with Gasteiger partial charge < -0.3 is 0 Å². The van der Waals surface area contributed by atoms with Crippen molar-refractivity contribution in [3.05, 3.63) is 23.5 Å². The molecule has 15 heavy (non-hydrogen) atoms. The average Bonchev–Trinajstić information content (AvgIpc) is 2.49. The molecule has 0 saturated carbocycles. The summed E-state index contributed by atoms with van der Waals surface area (Å²) in [6.45, 7) is 2.25. The molecule has 4 heteroatoms. The summed E-state index contributed by atoms with van der Waals surface area (Å²) >= 11 is 6.16. The minimum Gasteiger partial charge on any atom is -0.255 e. The van der Waals surface area contributed by atoms with Crippen LogP contribution in [0.2, 0.25) is 0 Å². The monoisotopic (exact) mass is 225 g/mol. The Balaban J connectivity index is 2.05. The highest BCUT2D eigenvalue weighted by Gasteiger charge is 2.18. The lowest BCUT2D eigenvalue weighted by molar-refractivity contribution is 0.507. The van der Waals surface area contributed by atoms with Crippen LogP contribution in [0.4, 0.5) is 0 Å². The molecular formula is C11H16ClN3. The van der Waals surface area contributed by atoms with Crippen molar-refractivity contribution in [2.45, 2.75) is 31.6 Å². The molecule has 0 bridgehead atoms. The molecule has 1 aromatic heterocycles. The van der Waals surface area contributed by atoms with E-state index in [4.69, 9.17) is 11.6 Å². The van der Waals surface area contributed by atoms with Crippen LogP contribution in [-0.2, 0) is 13.5 Å². The van der Waals surface area contributed by atoms with Crippen molar-refractivity contribution in [2.75, 3.05) is 0 Å². The van der Waals surface area contributed by atoms with Crippen LogP contribution in [0.15, 0.2) is 17.8 Å². The number of aromatic nitrogens is 3. The van der Waals surface area contributed by atoms with E-state index in [1.165, 1.54) is 5.57 Å². The van der Waals surface area contributed by atoms with E-state index < -0.39 is 0 Å². The van der Waals surface area contributed by atoms with Crippen LogP contribution in [0.25, 0.3) is 0 Å². The first kappa shape index (κ1) is 10.7. The lowest BCUT2D eigenvalue weighted by Crippen LogP contribution is -2.13. The third-order valence-electron chi connectivity index (χ3n) is 2.71. The Morgan fingerprint density at radius 1 is 1.60 bits per heavy atom. The molecule has 0 N–H and O–H groups in total. The summed E-state index contributed by atoms with van der Waals surface area (Å²) in [5, 5.41) is 8.21. The number of alkyl halides is 1. The van der Waals surface area contributed by atoms with Crippen LogP contribution in [0.5, 0.6) is 0 Å². The van der Waals surface area contributed by atoms with Crippen LogP contribution >= 0.6 is 11.6 Å². The van der Waals surface area contributed by atoms with Gasteiger partial charge in [0, 0.05) is 19.7 Å². The summed E-state index contributed by atoms with van der Waals surface area (Å²) in [6.07, 6.45) is 7.26. The standard InChI is InChI=1S/C11H16ClN3/c1-8-3-9(5-10(12)4-8)6-11-7-15(2)14-13-11/h5,7-8,10H,3-4,6H2,1-2H3. The zero-order chi connectivity index (χ0) is 10.8. The number of hydrogen-bond donors (Lipinski definition) is 0. The van der Waals surface area contributed by atoms with E-state index in [2.05, 4.69) is 23.3 Å². The van der Waals surface area contributed by atoms with Gasteiger partial charge in [-0.3, -0.25) is 4.68 Å². The maximum Gasteiger partial charge on any atom is 0.0867 e. The Morgan fingerprint density at radius 3 is 3.00 bits per heavy atom. The Hall–Kier alpha value is -0.830. The van der Waals surface area contributed by atoms with Gasteiger partial charge in [-0.05, 0) is 18.8 Å². The van der Waals surface area contributed by atoms with E-state index in [9.17, 15) is 0 Å². The highest BCUT2D eigenvalue weighted by Crippen LogP contribution is 2.28. The van der Waals surface area contributed by atoms with E-state index in [1.807, 2.05) is 13.2 Å². The fourth-order valence-corrected chi connectivity index (χ4v) is 2.63. The molecule has 2 rings (SSSR count). The van der Waals surface area contributed by atoms with Crippen LogP contribution in [0.3, 0.4) is 0 Å². The number of aryl methyl sites for hydroxylation is 1. The van der Waals surface area contributed by atoms with Gasteiger partial charge in [0.2, 0.25) is 0 Å². The van der Waals surface area contributed by atoms with Gasteiger partial charge in [0.1, 0.15) is 0 Å². The molecule has 0 fully saturated rings. The molecule has 1 aromatic rings. The van der Waals surface area contributed by atoms with E-state index >= 15 is 0 Å². The van der Waals surface area contributed by atoms with Gasteiger partial charge in [-0.25, -0.2) is 0 Å². The van der Waals surface area contributed by atoms with Crippen molar-refractivity contribution >= 4 is 11.6 Å². The topological polar surface area (TPSA) is 30.7 Å². The molecule has 2 unspecified atom stereocenters. The van der Waals surface area contributed by atoms with Gasteiger partial charge in [0.15, 0.2) is 0 Å². The van der Waals surface area contributed by atoms with Gasteiger partial charge in [-0.1, -0.05) is 23.8 Å². The zero-order valence-corrected chi connectivity index (χ0v) is 9.91. The second-order valence-electron chi connectivity index (χ2n) is 4.45. The molecule has 0 aliphatic heterocycles. The predicted molar refractivity (Wildman–Crippen MR) is 60.8 cm³/mol. The molecule has 0 radical (unpaired) electrons. The van der Waals surface area contributed by atoms with Crippen molar-refractivity contribution in [3.63, 3.8) is 0 Å². The summed E-state index contributed by atoms with van der Waals surface area (Å²) in [6, 6.07) is 0. The highest BCUT2D eigenvalue weighted by molar-refractivity contribution is 6.21. The van der Waals surface area contributed by atoms with Gasteiger partial charge in [0.25, 0.3) is 0 Å². The van der Waals surface area contributed by atoms with E-state index in [-0.39, 0.29) is 5.38 Å². The third kappa shape index (κ3) is 2.81. The Labute approximate surface area is 95.1 Å². The number of allylic oxidation sites excluding steroid dienone is 2. The van der Waals surface area contributed by atoms with Gasteiger partial charge in [-0.2, -0.15) is 0 Å². The summed E-state index contributed by atoms with van der Waals surface area (Å²) in [5.74, 6) is 0.684. The Kier molecular flexibility index (Phi) is 3.10. The smallest absolute Gasteiger partial charge is 0.0867 e. The van der Waals surface area contributed by atoms with Crippen molar-refractivity contribution in [2.24, 2.45) is 13.0 Å². The van der Waals surface area contributed by atoms with Crippen LogP contribution in [-0.4, -0.2) is 20.4 Å². The first-order valence-electron chi connectivity index (χ1n) is 5.32. The summed E-state index contributed by atoms with van der Waals surface area (Å²) in [4.78, 5) is 0. The second kappa shape index (κ2) is 4.35. The lowest BCUT2D eigenvalue weighted by Gasteiger charge is -2.21. The normalized spacial score (nSPS) is 26.5. The molecule has 0 saturated heterocycles. The predicted octanol–water partition coefficient (Wildman–Crippen LogP) is 2.32. The van der Waals surface area contributed by atoms with E-state index in [1.54, 1.807) is 4.68 Å². The SMILES string of the molecule is CC1CC(Cc2cn(C)nn2)=CC(Cl)C1. The van der Waals surface area contributed by atoms with Crippen LogP contribution < -0.4 is 0 Å². The highest BCUT2D eigenvalue weighted by atomic mass is 35.5. The molecule has 3 nitrogen and oxygen atoms in total. The molecule has 0 amide bonds. The number of rotatable bonds is 2. The quantitative estimate of drug-likeness (QED) is 0.571. The molecular weight excluding hydrogens is 210 g/mol. The summed E-state index contributed by atoms with van der Waals surface area (Å²) < 4.78 is 1.74. The molecule has 0 spiro atoms. The molecule has 82 valence electrons. The van der Waals surface area contributed by atoms with Crippen molar-refractivity contribution in [1.29, 1.82) is 0 Å². The fourth-order valence-electron chi connectivity index (χ4n) is 2.15. The minimum absolute atomic E-state index is 0.195. The molecule has 1 heterocycles. The zero-order valence-electron chi connectivity index (χ0n) is 9.15. The number of halogens is 1. The van der Waals surface area contributed by atoms with Crippen LogP contribution in [0, 0.1) is 5.92 Å². The van der Waals surface area contributed by atoms with Gasteiger partial charge >= 0.3 is 0 Å². The maximum absolute atomic E-state index is 6.16. The van der Waals surface area contributed by atoms with Gasteiger partial charge in [0.05, 0.1) is 11.1 Å². The first-order chi connectivity index (χ1) is 7.13. The maximum atomic E-state index is 6.16. The summed E-state index contributed by atoms with van der Waals surface area (Å²) in [7, 11) is 1.89. The minimum atomic E-state index is 0.195. The molecule has 1 aliphatic rings. The summed E-state index contributed by atoms with van der Waals surface area (Å²) in [5.41, 5.74) is 2.43. The molecule has 2 atom stereocenters.